The Hall–Kier alpha value is -0.160. The van der Waals surface area contributed by atoms with Crippen molar-refractivity contribution in [2.75, 3.05) is 39.5 Å². The van der Waals surface area contributed by atoms with E-state index >= 15 is 0 Å². The van der Waals surface area contributed by atoms with Gasteiger partial charge in [0.2, 0.25) is 0 Å². The van der Waals surface area contributed by atoms with Crippen molar-refractivity contribution in [3.8, 4) is 0 Å². The molecule has 2 atom stereocenters. The Balaban J connectivity index is 2.22. The van der Waals surface area contributed by atoms with Crippen molar-refractivity contribution in [1.82, 2.24) is 4.90 Å². The molecule has 4 nitrogen and oxygen atoms in total. The lowest BCUT2D eigenvalue weighted by molar-refractivity contribution is -0.0639. The van der Waals surface area contributed by atoms with E-state index in [1.165, 1.54) is 0 Å². The zero-order valence-corrected chi connectivity index (χ0v) is 9.82. The van der Waals surface area contributed by atoms with Gasteiger partial charge in [0, 0.05) is 19.1 Å². The van der Waals surface area contributed by atoms with Crippen LogP contribution in [0.2, 0.25) is 0 Å². The van der Waals surface area contributed by atoms with E-state index in [4.69, 9.17) is 14.6 Å². The van der Waals surface area contributed by atoms with Gasteiger partial charge in [-0.3, -0.25) is 4.90 Å². The molecule has 1 heterocycles. The van der Waals surface area contributed by atoms with Crippen LogP contribution >= 0.6 is 0 Å². The van der Waals surface area contributed by atoms with Gasteiger partial charge in [0.15, 0.2) is 0 Å². The van der Waals surface area contributed by atoms with Crippen LogP contribution in [0.25, 0.3) is 0 Å². The molecule has 2 unspecified atom stereocenters. The summed E-state index contributed by atoms with van der Waals surface area (Å²) in [6.45, 7) is 8.29. The lowest BCUT2D eigenvalue weighted by atomic mass is 10.1. The van der Waals surface area contributed by atoms with Crippen LogP contribution in [0.5, 0.6) is 0 Å². The highest BCUT2D eigenvalue weighted by Crippen LogP contribution is 2.13. The van der Waals surface area contributed by atoms with Crippen LogP contribution in [-0.2, 0) is 9.47 Å². The maximum Gasteiger partial charge on any atom is 0.0698 e. The second-order valence-electron chi connectivity index (χ2n) is 4.04. The van der Waals surface area contributed by atoms with Crippen molar-refractivity contribution < 1.29 is 14.6 Å². The van der Waals surface area contributed by atoms with Crippen molar-refractivity contribution >= 4 is 0 Å². The van der Waals surface area contributed by atoms with Gasteiger partial charge in [0.1, 0.15) is 0 Å². The summed E-state index contributed by atoms with van der Waals surface area (Å²) < 4.78 is 10.9. The highest BCUT2D eigenvalue weighted by molar-refractivity contribution is 4.77. The van der Waals surface area contributed by atoms with Crippen LogP contribution in [0.1, 0.15) is 20.3 Å². The predicted molar refractivity (Wildman–Crippen MR) is 59.0 cm³/mol. The summed E-state index contributed by atoms with van der Waals surface area (Å²) in [4.78, 5) is 2.42. The van der Waals surface area contributed by atoms with Crippen LogP contribution in [0.4, 0.5) is 0 Å². The number of hydrogen-bond acceptors (Lipinski definition) is 4. The average Bonchev–Trinajstić information content (AvgIpc) is 2.25. The molecular formula is C11H23NO3. The summed E-state index contributed by atoms with van der Waals surface area (Å²) in [5.74, 6) is 0. The Bertz CT molecular complexity index is 166. The molecule has 1 fully saturated rings. The lowest BCUT2D eigenvalue weighted by Crippen LogP contribution is -2.49. The van der Waals surface area contributed by atoms with Crippen molar-refractivity contribution in [1.29, 1.82) is 0 Å². The summed E-state index contributed by atoms with van der Waals surface area (Å²) in [6.07, 6.45) is 1.44. The molecule has 1 aliphatic heterocycles. The van der Waals surface area contributed by atoms with Crippen molar-refractivity contribution in [2.24, 2.45) is 0 Å². The number of morpholine rings is 1. The summed E-state index contributed by atoms with van der Waals surface area (Å²) in [5.41, 5.74) is 0. The van der Waals surface area contributed by atoms with E-state index in [9.17, 15) is 0 Å². The molecular weight excluding hydrogens is 194 g/mol. The van der Waals surface area contributed by atoms with Gasteiger partial charge >= 0.3 is 0 Å². The molecule has 0 bridgehead atoms. The molecule has 0 radical (unpaired) electrons. The minimum atomic E-state index is 0.108. The Morgan fingerprint density at radius 2 is 2.27 bits per heavy atom. The van der Waals surface area contributed by atoms with Gasteiger partial charge in [-0.2, -0.15) is 0 Å². The fourth-order valence-electron chi connectivity index (χ4n) is 1.91. The lowest BCUT2D eigenvalue weighted by Gasteiger charge is -2.38. The maximum absolute atomic E-state index is 8.58. The summed E-state index contributed by atoms with van der Waals surface area (Å²) in [7, 11) is 0. The molecule has 0 saturated carbocycles. The van der Waals surface area contributed by atoms with Gasteiger partial charge in [-0.25, -0.2) is 0 Å². The Kier molecular flexibility index (Phi) is 6.17. The van der Waals surface area contributed by atoms with Crippen molar-refractivity contribution in [3.05, 3.63) is 0 Å². The first-order valence-corrected chi connectivity index (χ1v) is 5.82. The molecule has 0 aromatic rings. The zero-order valence-electron chi connectivity index (χ0n) is 9.82. The van der Waals surface area contributed by atoms with Gasteiger partial charge in [0.05, 0.1) is 32.5 Å². The van der Waals surface area contributed by atoms with Crippen LogP contribution in [-0.4, -0.2) is 61.7 Å². The van der Waals surface area contributed by atoms with Gasteiger partial charge < -0.3 is 14.6 Å². The first kappa shape index (κ1) is 12.9. The number of nitrogens with zero attached hydrogens (tertiary/aromatic N) is 1. The van der Waals surface area contributed by atoms with E-state index < -0.39 is 0 Å². The van der Waals surface area contributed by atoms with Gasteiger partial charge in [0.25, 0.3) is 0 Å². The fraction of sp³-hybridized carbons (Fsp3) is 1.00. The molecule has 4 heteroatoms. The second-order valence-corrected chi connectivity index (χ2v) is 4.04. The molecule has 0 amide bonds. The molecule has 0 aliphatic carbocycles. The third-order valence-corrected chi connectivity index (χ3v) is 2.81. The monoisotopic (exact) mass is 217 g/mol. The molecule has 90 valence electrons. The topological polar surface area (TPSA) is 41.9 Å². The smallest absolute Gasteiger partial charge is 0.0698 e. The van der Waals surface area contributed by atoms with Gasteiger partial charge in [-0.15, -0.1) is 0 Å². The summed E-state index contributed by atoms with van der Waals surface area (Å²) in [5, 5.41) is 8.58. The fourth-order valence-corrected chi connectivity index (χ4v) is 1.91. The molecule has 1 saturated heterocycles. The third-order valence-electron chi connectivity index (χ3n) is 2.81. The molecule has 0 aromatic carbocycles. The first-order chi connectivity index (χ1) is 7.27. The molecule has 0 aromatic heterocycles. The van der Waals surface area contributed by atoms with Crippen LogP contribution in [0, 0.1) is 0 Å². The standard InChI is InChI=1S/C11H23NO3/c1-3-11-9-15-10(2)8-12(11)4-6-14-7-5-13/h10-11,13H,3-9H2,1-2H3. The highest BCUT2D eigenvalue weighted by atomic mass is 16.5. The van der Waals surface area contributed by atoms with Crippen LogP contribution in [0.15, 0.2) is 0 Å². The van der Waals surface area contributed by atoms with E-state index in [1.54, 1.807) is 0 Å². The normalized spacial score (nSPS) is 28.2. The Morgan fingerprint density at radius 3 is 2.93 bits per heavy atom. The van der Waals surface area contributed by atoms with Gasteiger partial charge in [-0.05, 0) is 13.3 Å². The summed E-state index contributed by atoms with van der Waals surface area (Å²) >= 11 is 0. The highest BCUT2D eigenvalue weighted by Gasteiger charge is 2.24. The molecule has 15 heavy (non-hydrogen) atoms. The average molecular weight is 217 g/mol. The molecule has 1 N–H and O–H groups in total. The molecule has 1 aliphatic rings. The second kappa shape index (κ2) is 7.17. The largest absolute Gasteiger partial charge is 0.394 e. The molecule has 1 rings (SSSR count). The van der Waals surface area contributed by atoms with E-state index in [0.717, 1.165) is 26.1 Å². The number of rotatable bonds is 6. The quantitative estimate of drug-likeness (QED) is 0.658. The summed E-state index contributed by atoms with van der Waals surface area (Å²) in [6, 6.07) is 0.527. The number of hydrogen-bond donors (Lipinski definition) is 1. The van der Waals surface area contributed by atoms with E-state index in [0.29, 0.717) is 25.4 Å². The first-order valence-electron chi connectivity index (χ1n) is 5.82. The van der Waals surface area contributed by atoms with Crippen LogP contribution in [0.3, 0.4) is 0 Å². The zero-order chi connectivity index (χ0) is 11.1. The third kappa shape index (κ3) is 4.47. The predicted octanol–water partition coefficient (Wildman–Crippen LogP) is 0.495. The Labute approximate surface area is 92.2 Å². The Morgan fingerprint density at radius 1 is 1.47 bits per heavy atom. The van der Waals surface area contributed by atoms with Crippen molar-refractivity contribution in [3.63, 3.8) is 0 Å². The van der Waals surface area contributed by atoms with E-state index in [1.807, 2.05) is 0 Å². The van der Waals surface area contributed by atoms with Crippen LogP contribution < -0.4 is 0 Å². The maximum atomic E-state index is 8.58. The van der Waals surface area contributed by atoms with E-state index in [2.05, 4.69) is 18.7 Å². The number of ether oxygens (including phenoxy) is 2. The minimum Gasteiger partial charge on any atom is -0.394 e. The number of aliphatic hydroxyl groups excluding tert-OH is 1. The number of aliphatic hydroxyl groups is 1. The molecule has 0 spiro atoms. The minimum absolute atomic E-state index is 0.108. The SMILES string of the molecule is CCC1COC(C)CN1CCOCCO. The van der Waals surface area contributed by atoms with Crippen molar-refractivity contribution in [2.45, 2.75) is 32.4 Å². The van der Waals surface area contributed by atoms with E-state index in [-0.39, 0.29) is 6.61 Å². The van der Waals surface area contributed by atoms with Gasteiger partial charge in [-0.1, -0.05) is 6.92 Å².